The van der Waals surface area contributed by atoms with Gasteiger partial charge in [0.15, 0.2) is 0 Å². The van der Waals surface area contributed by atoms with Crippen LogP contribution in [0.5, 0.6) is 0 Å². The van der Waals surface area contributed by atoms with Gasteiger partial charge in [-0.05, 0) is 31.1 Å². The third kappa shape index (κ3) is 1.95. The molecule has 1 aliphatic rings. The Morgan fingerprint density at radius 3 is 2.45 bits per heavy atom. The van der Waals surface area contributed by atoms with Crippen molar-refractivity contribution in [1.82, 2.24) is 0 Å². The average Bonchev–Trinajstić information content (AvgIpc) is 1.85. The van der Waals surface area contributed by atoms with E-state index in [0.717, 1.165) is 25.2 Å². The van der Waals surface area contributed by atoms with Crippen molar-refractivity contribution in [2.45, 2.75) is 33.1 Å². The zero-order chi connectivity index (χ0) is 8.43. The average molecular weight is 156 g/mol. The monoisotopic (exact) mass is 156 g/mol. The van der Waals surface area contributed by atoms with E-state index in [4.69, 9.17) is 5.11 Å². The highest BCUT2D eigenvalue weighted by Crippen LogP contribution is 2.33. The highest BCUT2D eigenvalue weighted by molar-refractivity contribution is 5.70. The van der Waals surface area contributed by atoms with Crippen LogP contribution in [0.15, 0.2) is 0 Å². The lowest BCUT2D eigenvalue weighted by atomic mass is 9.76. The molecule has 0 saturated heterocycles. The molecule has 3 atom stereocenters. The van der Waals surface area contributed by atoms with E-state index < -0.39 is 5.97 Å². The summed E-state index contributed by atoms with van der Waals surface area (Å²) in [6.07, 6.45) is 3.04. The summed E-state index contributed by atoms with van der Waals surface area (Å²) in [5.41, 5.74) is 0. The Morgan fingerprint density at radius 1 is 1.36 bits per heavy atom. The second kappa shape index (κ2) is 3.24. The number of hydrogen-bond donors (Lipinski definition) is 1. The molecular formula is C9H16O2. The van der Waals surface area contributed by atoms with E-state index in [9.17, 15) is 4.79 Å². The van der Waals surface area contributed by atoms with Crippen LogP contribution in [0, 0.1) is 17.8 Å². The van der Waals surface area contributed by atoms with Gasteiger partial charge in [-0.2, -0.15) is 0 Å². The smallest absolute Gasteiger partial charge is 0.306 e. The molecule has 0 radical (unpaired) electrons. The first-order valence-corrected chi connectivity index (χ1v) is 4.34. The summed E-state index contributed by atoms with van der Waals surface area (Å²) < 4.78 is 0. The van der Waals surface area contributed by atoms with Gasteiger partial charge in [0, 0.05) is 0 Å². The van der Waals surface area contributed by atoms with Crippen LogP contribution < -0.4 is 0 Å². The van der Waals surface area contributed by atoms with Crippen LogP contribution in [0.3, 0.4) is 0 Å². The highest BCUT2D eigenvalue weighted by Gasteiger charge is 2.30. The minimum absolute atomic E-state index is 0.0776. The first-order chi connectivity index (χ1) is 5.11. The molecule has 2 nitrogen and oxygen atoms in total. The summed E-state index contributed by atoms with van der Waals surface area (Å²) in [6, 6.07) is 0. The van der Waals surface area contributed by atoms with E-state index in [1.807, 2.05) is 0 Å². The number of aliphatic carboxylic acids is 1. The molecule has 0 aromatic heterocycles. The molecule has 0 unspecified atom stereocenters. The van der Waals surface area contributed by atoms with Crippen molar-refractivity contribution in [3.8, 4) is 0 Å². The molecule has 1 N–H and O–H groups in total. The quantitative estimate of drug-likeness (QED) is 0.631. The van der Waals surface area contributed by atoms with E-state index in [-0.39, 0.29) is 5.92 Å². The molecule has 0 heterocycles. The molecular weight excluding hydrogens is 140 g/mol. The van der Waals surface area contributed by atoms with Crippen molar-refractivity contribution < 1.29 is 9.90 Å². The zero-order valence-corrected chi connectivity index (χ0v) is 7.21. The van der Waals surface area contributed by atoms with Crippen molar-refractivity contribution in [2.24, 2.45) is 17.8 Å². The van der Waals surface area contributed by atoms with Crippen LogP contribution in [0.2, 0.25) is 0 Å². The van der Waals surface area contributed by atoms with Gasteiger partial charge in [0.1, 0.15) is 0 Å². The van der Waals surface area contributed by atoms with Crippen LogP contribution in [0.4, 0.5) is 0 Å². The van der Waals surface area contributed by atoms with E-state index in [1.54, 1.807) is 0 Å². The highest BCUT2D eigenvalue weighted by atomic mass is 16.4. The fourth-order valence-corrected chi connectivity index (χ4v) is 2.03. The van der Waals surface area contributed by atoms with Crippen LogP contribution in [0.25, 0.3) is 0 Å². The summed E-state index contributed by atoms with van der Waals surface area (Å²) in [5.74, 6) is 0.410. The number of carbonyl (C=O) groups is 1. The molecule has 1 aliphatic carbocycles. The van der Waals surface area contributed by atoms with E-state index >= 15 is 0 Å². The third-order valence-corrected chi connectivity index (χ3v) is 2.75. The Morgan fingerprint density at radius 2 is 2.00 bits per heavy atom. The molecule has 0 aliphatic heterocycles. The Bertz CT molecular complexity index is 154. The molecule has 0 aromatic carbocycles. The van der Waals surface area contributed by atoms with Gasteiger partial charge in [-0.15, -0.1) is 0 Å². The van der Waals surface area contributed by atoms with Gasteiger partial charge in [0.05, 0.1) is 5.92 Å². The first kappa shape index (κ1) is 8.57. The number of rotatable bonds is 1. The van der Waals surface area contributed by atoms with Gasteiger partial charge in [0.2, 0.25) is 0 Å². The predicted molar refractivity (Wildman–Crippen MR) is 43.3 cm³/mol. The summed E-state index contributed by atoms with van der Waals surface area (Å²) in [6.45, 7) is 4.25. The lowest BCUT2D eigenvalue weighted by molar-refractivity contribution is -0.145. The molecule has 1 fully saturated rings. The second-order valence-electron chi connectivity index (χ2n) is 3.84. The Labute approximate surface area is 67.6 Å². The van der Waals surface area contributed by atoms with Gasteiger partial charge < -0.3 is 5.11 Å². The molecule has 0 amide bonds. The summed E-state index contributed by atoms with van der Waals surface area (Å²) >= 11 is 0. The Balaban J connectivity index is 2.50. The molecule has 64 valence electrons. The maximum atomic E-state index is 10.7. The second-order valence-corrected chi connectivity index (χ2v) is 3.84. The fourth-order valence-electron chi connectivity index (χ4n) is 2.03. The predicted octanol–water partition coefficient (Wildman–Crippen LogP) is 2.14. The summed E-state index contributed by atoms with van der Waals surface area (Å²) in [4.78, 5) is 10.7. The first-order valence-electron chi connectivity index (χ1n) is 4.34. The van der Waals surface area contributed by atoms with Crippen LogP contribution in [0.1, 0.15) is 33.1 Å². The van der Waals surface area contributed by atoms with Gasteiger partial charge in [0.25, 0.3) is 0 Å². The number of carboxylic acids is 1. The molecule has 1 saturated carbocycles. The SMILES string of the molecule is C[C@H]1CC[C@H](C(=O)O)[C@H](C)C1. The van der Waals surface area contributed by atoms with Crippen molar-refractivity contribution in [2.75, 3.05) is 0 Å². The van der Waals surface area contributed by atoms with E-state index in [2.05, 4.69) is 13.8 Å². The van der Waals surface area contributed by atoms with Gasteiger partial charge >= 0.3 is 5.97 Å². The van der Waals surface area contributed by atoms with Crippen LogP contribution in [-0.2, 0) is 4.79 Å². The van der Waals surface area contributed by atoms with E-state index in [1.165, 1.54) is 0 Å². The standard InChI is InChI=1S/C9H16O2/c1-6-3-4-8(9(10)11)7(2)5-6/h6-8H,3-5H2,1-2H3,(H,10,11)/t6-,7+,8-/m0/s1. The topological polar surface area (TPSA) is 37.3 Å². The van der Waals surface area contributed by atoms with Gasteiger partial charge in [-0.1, -0.05) is 13.8 Å². The van der Waals surface area contributed by atoms with E-state index in [0.29, 0.717) is 5.92 Å². The lowest BCUT2D eigenvalue weighted by Crippen LogP contribution is -2.27. The van der Waals surface area contributed by atoms with Gasteiger partial charge in [-0.25, -0.2) is 0 Å². The molecule has 0 bridgehead atoms. The third-order valence-electron chi connectivity index (χ3n) is 2.75. The van der Waals surface area contributed by atoms with Crippen molar-refractivity contribution in [3.63, 3.8) is 0 Å². The van der Waals surface area contributed by atoms with Crippen LogP contribution in [-0.4, -0.2) is 11.1 Å². The number of hydrogen-bond acceptors (Lipinski definition) is 1. The molecule has 2 heteroatoms. The maximum absolute atomic E-state index is 10.7. The fraction of sp³-hybridized carbons (Fsp3) is 0.889. The summed E-state index contributed by atoms with van der Waals surface area (Å²) in [5, 5.41) is 8.79. The molecule has 1 rings (SSSR count). The largest absolute Gasteiger partial charge is 0.481 e. The number of carboxylic acid groups (broad SMARTS) is 1. The van der Waals surface area contributed by atoms with Crippen molar-refractivity contribution in [1.29, 1.82) is 0 Å². The maximum Gasteiger partial charge on any atom is 0.306 e. The normalized spacial score (nSPS) is 38.5. The lowest BCUT2D eigenvalue weighted by Gasteiger charge is -2.29. The Kier molecular flexibility index (Phi) is 2.53. The van der Waals surface area contributed by atoms with Crippen molar-refractivity contribution >= 4 is 5.97 Å². The Hall–Kier alpha value is -0.530. The van der Waals surface area contributed by atoms with Crippen molar-refractivity contribution in [3.05, 3.63) is 0 Å². The minimum atomic E-state index is -0.607. The zero-order valence-electron chi connectivity index (χ0n) is 7.21. The molecule has 0 spiro atoms. The van der Waals surface area contributed by atoms with Crippen LogP contribution >= 0.6 is 0 Å². The molecule has 11 heavy (non-hydrogen) atoms. The minimum Gasteiger partial charge on any atom is -0.481 e. The summed E-state index contributed by atoms with van der Waals surface area (Å²) in [7, 11) is 0. The molecule has 0 aromatic rings. The van der Waals surface area contributed by atoms with Gasteiger partial charge in [-0.3, -0.25) is 4.79 Å².